The number of carbonyl (C=O) groups excluding carboxylic acids is 1. The SMILES string of the molecule is O=C(Nc1cccc(S(=O)(=O)N[C@H]2CN3CCC2CC3)c1)[C@H]1COc2ccc(Cl)cc2C1. The number of nitrogens with one attached hydrogen (secondary N) is 2. The van der Waals surface area contributed by atoms with Crippen molar-refractivity contribution < 1.29 is 17.9 Å². The van der Waals surface area contributed by atoms with Crippen molar-refractivity contribution in [3.05, 3.63) is 53.1 Å². The van der Waals surface area contributed by atoms with E-state index in [0.29, 0.717) is 23.0 Å². The zero-order valence-corrected chi connectivity index (χ0v) is 19.2. The van der Waals surface area contributed by atoms with Gasteiger partial charge in [0.2, 0.25) is 15.9 Å². The maximum absolute atomic E-state index is 13.0. The standard InChI is InChI=1S/C23H26ClN3O4S/c24-18-4-5-22-16(11-18)10-17(14-31-22)23(28)25-19-2-1-3-20(12-19)32(29,30)26-21-13-27-8-6-15(21)7-9-27/h1-5,11-12,15,17,21,26H,6-10,13-14H2,(H,25,28)/t17-,21+/m1/s1. The van der Waals surface area contributed by atoms with Crippen LogP contribution in [0.4, 0.5) is 5.69 Å². The lowest BCUT2D eigenvalue weighted by Gasteiger charge is -2.44. The van der Waals surface area contributed by atoms with Gasteiger partial charge in [0.05, 0.1) is 10.8 Å². The van der Waals surface area contributed by atoms with E-state index in [1.54, 1.807) is 24.3 Å². The second-order valence-electron chi connectivity index (χ2n) is 8.85. The van der Waals surface area contributed by atoms with Crippen molar-refractivity contribution in [3.8, 4) is 5.75 Å². The summed E-state index contributed by atoms with van der Waals surface area (Å²) < 4.78 is 34.6. The number of ether oxygens (including phenoxy) is 1. The van der Waals surface area contributed by atoms with E-state index in [4.69, 9.17) is 16.3 Å². The van der Waals surface area contributed by atoms with Crippen molar-refractivity contribution in [1.29, 1.82) is 0 Å². The molecule has 0 aromatic heterocycles. The van der Waals surface area contributed by atoms with Gasteiger partial charge in [-0.2, -0.15) is 0 Å². The highest BCUT2D eigenvalue weighted by molar-refractivity contribution is 7.89. The van der Waals surface area contributed by atoms with Crippen LogP contribution in [0.5, 0.6) is 5.75 Å². The minimum absolute atomic E-state index is 0.0629. The van der Waals surface area contributed by atoms with Crippen LogP contribution in [0.3, 0.4) is 0 Å². The Labute approximate surface area is 193 Å². The molecular weight excluding hydrogens is 450 g/mol. The van der Waals surface area contributed by atoms with Gasteiger partial charge in [0.1, 0.15) is 12.4 Å². The second kappa shape index (κ2) is 8.67. The molecule has 4 aliphatic heterocycles. The van der Waals surface area contributed by atoms with Crippen LogP contribution in [0.2, 0.25) is 5.02 Å². The van der Waals surface area contributed by atoms with Gasteiger partial charge >= 0.3 is 0 Å². The summed E-state index contributed by atoms with van der Waals surface area (Å²) in [5.74, 6) is 0.535. The van der Waals surface area contributed by atoms with E-state index in [2.05, 4.69) is 14.9 Å². The summed E-state index contributed by atoms with van der Waals surface area (Å²) >= 11 is 6.06. The summed E-state index contributed by atoms with van der Waals surface area (Å²) in [5.41, 5.74) is 1.34. The van der Waals surface area contributed by atoms with Gasteiger partial charge in [-0.25, -0.2) is 13.1 Å². The normalized spacial score (nSPS) is 26.8. The summed E-state index contributed by atoms with van der Waals surface area (Å²) in [5, 5.41) is 3.45. The van der Waals surface area contributed by atoms with E-state index in [0.717, 1.165) is 43.8 Å². The third kappa shape index (κ3) is 4.50. The zero-order valence-electron chi connectivity index (χ0n) is 17.6. The van der Waals surface area contributed by atoms with Crippen molar-refractivity contribution in [2.24, 2.45) is 11.8 Å². The topological polar surface area (TPSA) is 87.7 Å². The Morgan fingerprint density at radius 3 is 2.69 bits per heavy atom. The van der Waals surface area contributed by atoms with E-state index < -0.39 is 10.0 Å². The molecule has 0 spiro atoms. The van der Waals surface area contributed by atoms with E-state index in [1.165, 1.54) is 6.07 Å². The minimum Gasteiger partial charge on any atom is -0.492 e. The molecule has 2 aromatic rings. The first-order valence-corrected chi connectivity index (χ1v) is 12.8. The van der Waals surface area contributed by atoms with Gasteiger partial charge in [0.25, 0.3) is 0 Å². The molecule has 170 valence electrons. The van der Waals surface area contributed by atoms with Crippen LogP contribution < -0.4 is 14.8 Å². The lowest BCUT2D eigenvalue weighted by Crippen LogP contribution is -2.57. The summed E-state index contributed by atoms with van der Waals surface area (Å²) in [6.45, 7) is 3.12. The molecule has 2 bridgehead atoms. The molecule has 7 nitrogen and oxygen atoms in total. The van der Waals surface area contributed by atoms with Crippen molar-refractivity contribution in [3.63, 3.8) is 0 Å². The van der Waals surface area contributed by atoms with E-state index >= 15 is 0 Å². The average Bonchev–Trinajstić information content (AvgIpc) is 2.79. The van der Waals surface area contributed by atoms with Crippen LogP contribution in [-0.2, 0) is 21.2 Å². The second-order valence-corrected chi connectivity index (χ2v) is 11.0. The summed E-state index contributed by atoms with van der Waals surface area (Å²) in [4.78, 5) is 15.3. The van der Waals surface area contributed by atoms with Gasteiger partial charge in [-0.3, -0.25) is 4.79 Å². The summed E-state index contributed by atoms with van der Waals surface area (Å²) in [6.07, 6.45) is 2.57. The Kier molecular flexibility index (Phi) is 5.88. The zero-order chi connectivity index (χ0) is 22.3. The number of amides is 1. The Hall–Kier alpha value is -2.13. The van der Waals surface area contributed by atoms with Crippen LogP contribution in [0.1, 0.15) is 18.4 Å². The van der Waals surface area contributed by atoms with Crippen LogP contribution in [0, 0.1) is 11.8 Å². The molecule has 0 aliphatic carbocycles. The predicted molar refractivity (Wildman–Crippen MR) is 122 cm³/mol. The number of piperidine rings is 3. The average molecular weight is 476 g/mol. The molecule has 0 radical (unpaired) electrons. The lowest BCUT2D eigenvalue weighted by atomic mass is 9.85. The number of rotatable bonds is 5. The van der Waals surface area contributed by atoms with E-state index in [9.17, 15) is 13.2 Å². The van der Waals surface area contributed by atoms with Gasteiger partial charge < -0.3 is 15.0 Å². The molecule has 2 atom stereocenters. The number of hydrogen-bond donors (Lipinski definition) is 2. The fourth-order valence-corrected chi connectivity index (χ4v) is 6.42. The van der Waals surface area contributed by atoms with Gasteiger partial charge in [0, 0.05) is 23.3 Å². The Morgan fingerprint density at radius 2 is 1.94 bits per heavy atom. The fraction of sp³-hybridized carbons (Fsp3) is 0.435. The number of hydrogen-bond acceptors (Lipinski definition) is 5. The number of halogens is 1. The lowest BCUT2D eigenvalue weighted by molar-refractivity contribution is -0.121. The first kappa shape index (κ1) is 21.7. The van der Waals surface area contributed by atoms with Gasteiger partial charge in [0.15, 0.2) is 0 Å². The maximum atomic E-state index is 13.0. The first-order chi connectivity index (χ1) is 15.4. The van der Waals surface area contributed by atoms with Crippen LogP contribution >= 0.6 is 11.6 Å². The van der Waals surface area contributed by atoms with Crippen LogP contribution in [0.15, 0.2) is 47.4 Å². The largest absolute Gasteiger partial charge is 0.492 e. The highest BCUT2D eigenvalue weighted by Crippen LogP contribution is 2.31. The molecule has 2 N–H and O–H groups in total. The van der Waals surface area contributed by atoms with Crippen LogP contribution in [0.25, 0.3) is 0 Å². The van der Waals surface area contributed by atoms with Crippen LogP contribution in [-0.4, -0.2) is 51.5 Å². The Balaban J connectivity index is 1.26. The van der Waals surface area contributed by atoms with Crippen molar-refractivity contribution in [1.82, 2.24) is 9.62 Å². The molecular formula is C23H26ClN3O4S. The Bertz CT molecular complexity index is 1130. The quantitative estimate of drug-likeness (QED) is 0.694. The Morgan fingerprint density at radius 1 is 1.12 bits per heavy atom. The molecule has 4 heterocycles. The fourth-order valence-electron chi connectivity index (χ4n) is 4.88. The third-order valence-corrected chi connectivity index (χ3v) is 8.40. The van der Waals surface area contributed by atoms with Crippen molar-refractivity contribution in [2.75, 3.05) is 31.6 Å². The highest BCUT2D eigenvalue weighted by Gasteiger charge is 2.36. The predicted octanol–water partition coefficient (Wildman–Crippen LogP) is 2.90. The number of nitrogens with zero attached hydrogens (tertiary/aromatic N) is 1. The molecule has 0 saturated carbocycles. The molecule has 6 rings (SSSR count). The minimum atomic E-state index is -3.68. The number of sulfonamides is 1. The molecule has 3 saturated heterocycles. The molecule has 3 fully saturated rings. The summed E-state index contributed by atoms with van der Waals surface area (Å²) in [6, 6.07) is 11.7. The number of anilines is 1. The van der Waals surface area contributed by atoms with Crippen molar-refractivity contribution in [2.45, 2.75) is 30.2 Å². The monoisotopic (exact) mass is 475 g/mol. The van der Waals surface area contributed by atoms with E-state index in [-0.39, 0.29) is 29.4 Å². The van der Waals surface area contributed by atoms with Gasteiger partial charge in [-0.1, -0.05) is 17.7 Å². The number of fused-ring (bicyclic) bond motifs is 4. The summed E-state index contributed by atoms with van der Waals surface area (Å²) in [7, 11) is -3.68. The number of benzene rings is 2. The van der Waals surface area contributed by atoms with E-state index in [1.807, 2.05) is 12.1 Å². The molecule has 1 amide bonds. The molecule has 2 aromatic carbocycles. The molecule has 4 aliphatic rings. The van der Waals surface area contributed by atoms with Gasteiger partial charge in [-0.05, 0) is 80.2 Å². The highest BCUT2D eigenvalue weighted by atomic mass is 35.5. The third-order valence-electron chi connectivity index (χ3n) is 6.67. The maximum Gasteiger partial charge on any atom is 0.240 e. The molecule has 0 unspecified atom stereocenters. The van der Waals surface area contributed by atoms with Gasteiger partial charge in [-0.15, -0.1) is 0 Å². The molecule has 32 heavy (non-hydrogen) atoms. The van der Waals surface area contributed by atoms with Crippen molar-refractivity contribution >= 4 is 33.2 Å². The smallest absolute Gasteiger partial charge is 0.240 e. The molecule has 9 heteroatoms. The number of carbonyl (C=O) groups is 1. The first-order valence-electron chi connectivity index (χ1n) is 10.9.